The molecule has 1 aliphatic rings. The lowest BCUT2D eigenvalue weighted by Gasteiger charge is -2.25. The van der Waals surface area contributed by atoms with Gasteiger partial charge in [-0.3, -0.25) is 4.79 Å². The van der Waals surface area contributed by atoms with Crippen molar-refractivity contribution in [2.75, 3.05) is 19.0 Å². The number of methoxy groups -OCH3 is 1. The van der Waals surface area contributed by atoms with Crippen LogP contribution in [-0.4, -0.2) is 29.4 Å². The van der Waals surface area contributed by atoms with Crippen LogP contribution in [0.15, 0.2) is 24.3 Å². The van der Waals surface area contributed by atoms with Crippen LogP contribution in [0.25, 0.3) is 0 Å². The van der Waals surface area contributed by atoms with Gasteiger partial charge in [-0.1, -0.05) is 19.1 Å². The van der Waals surface area contributed by atoms with E-state index < -0.39 is 0 Å². The minimum Gasteiger partial charge on any atom is -0.493 e. The molecular weight excluding hydrogens is 306 g/mol. The Labute approximate surface area is 141 Å². The zero-order valence-corrected chi connectivity index (χ0v) is 14.3. The predicted molar refractivity (Wildman–Crippen MR) is 91.6 cm³/mol. The van der Waals surface area contributed by atoms with Crippen LogP contribution >= 0.6 is 0 Å². The lowest BCUT2D eigenvalue weighted by Crippen LogP contribution is -2.33. The van der Waals surface area contributed by atoms with Gasteiger partial charge in [0.1, 0.15) is 12.4 Å². The number of nitrogens with zero attached hydrogens (tertiary/aromatic N) is 2. The second kappa shape index (κ2) is 6.95. The summed E-state index contributed by atoms with van der Waals surface area (Å²) in [6, 6.07) is 7.66. The smallest absolute Gasteiger partial charge is 0.232 e. The molecule has 24 heavy (non-hydrogen) atoms. The number of rotatable bonds is 5. The summed E-state index contributed by atoms with van der Waals surface area (Å²) in [7, 11) is 1.62. The van der Waals surface area contributed by atoms with Crippen LogP contribution in [0.1, 0.15) is 24.6 Å². The molecule has 0 saturated carbocycles. The summed E-state index contributed by atoms with van der Waals surface area (Å²) >= 11 is 0. The van der Waals surface area contributed by atoms with Crippen molar-refractivity contribution < 1.29 is 14.3 Å². The van der Waals surface area contributed by atoms with E-state index in [1.54, 1.807) is 7.11 Å². The van der Waals surface area contributed by atoms with Gasteiger partial charge >= 0.3 is 0 Å². The van der Waals surface area contributed by atoms with Crippen molar-refractivity contribution in [1.82, 2.24) is 9.78 Å². The lowest BCUT2D eigenvalue weighted by atomic mass is 9.95. The number of benzene rings is 1. The summed E-state index contributed by atoms with van der Waals surface area (Å²) in [4.78, 5) is 12.6. The normalized spacial score (nSPS) is 16.2. The van der Waals surface area contributed by atoms with Gasteiger partial charge in [0.15, 0.2) is 11.5 Å². The quantitative estimate of drug-likeness (QED) is 0.916. The zero-order valence-electron chi connectivity index (χ0n) is 14.3. The molecular formula is C18H23N3O3. The molecule has 1 unspecified atom stereocenters. The molecule has 1 aromatic heterocycles. The van der Waals surface area contributed by atoms with Crippen molar-refractivity contribution in [1.29, 1.82) is 0 Å². The minimum absolute atomic E-state index is 0.0410. The maximum absolute atomic E-state index is 12.6. The molecule has 0 fully saturated rings. The van der Waals surface area contributed by atoms with Crippen molar-refractivity contribution in [2.24, 2.45) is 5.92 Å². The molecule has 2 heterocycles. The van der Waals surface area contributed by atoms with Gasteiger partial charge < -0.3 is 14.8 Å². The molecule has 3 rings (SSSR count). The zero-order chi connectivity index (χ0) is 17.1. The number of anilines is 1. The molecule has 6 nitrogen and oxygen atoms in total. The number of aryl methyl sites for hydroxylation is 2. The fraction of sp³-hybridized carbons (Fsp3) is 0.444. The number of para-hydroxylation sites is 1. The third-order valence-corrected chi connectivity index (χ3v) is 4.14. The van der Waals surface area contributed by atoms with Gasteiger partial charge in [-0.2, -0.15) is 5.10 Å². The van der Waals surface area contributed by atoms with E-state index in [-0.39, 0.29) is 11.8 Å². The Morgan fingerprint density at radius 1 is 1.50 bits per heavy atom. The van der Waals surface area contributed by atoms with E-state index in [9.17, 15) is 4.79 Å². The molecule has 1 N–H and O–H groups in total. The van der Waals surface area contributed by atoms with Gasteiger partial charge in [-0.15, -0.1) is 0 Å². The van der Waals surface area contributed by atoms with E-state index in [4.69, 9.17) is 9.47 Å². The maximum Gasteiger partial charge on any atom is 0.232 e. The molecule has 1 aliphatic heterocycles. The lowest BCUT2D eigenvalue weighted by molar-refractivity contribution is -0.121. The van der Waals surface area contributed by atoms with Gasteiger partial charge in [0.25, 0.3) is 0 Å². The summed E-state index contributed by atoms with van der Waals surface area (Å²) < 4.78 is 12.9. The van der Waals surface area contributed by atoms with Crippen LogP contribution in [0, 0.1) is 12.8 Å². The second-order valence-electron chi connectivity index (χ2n) is 6.04. The fourth-order valence-corrected chi connectivity index (χ4v) is 2.98. The van der Waals surface area contributed by atoms with Crippen LogP contribution in [0.4, 0.5) is 5.82 Å². The van der Waals surface area contributed by atoms with Crippen molar-refractivity contribution in [3.8, 4) is 11.5 Å². The number of ether oxygens (including phenoxy) is 2. The number of aromatic nitrogens is 2. The first-order valence-electron chi connectivity index (χ1n) is 8.26. The minimum atomic E-state index is -0.227. The highest BCUT2D eigenvalue weighted by Crippen LogP contribution is 2.36. The molecule has 0 saturated heterocycles. The third kappa shape index (κ3) is 3.22. The first kappa shape index (κ1) is 16.4. The highest BCUT2D eigenvalue weighted by molar-refractivity contribution is 5.92. The fourth-order valence-electron chi connectivity index (χ4n) is 2.98. The Morgan fingerprint density at radius 3 is 3.08 bits per heavy atom. The Bertz CT molecular complexity index is 739. The van der Waals surface area contributed by atoms with E-state index in [2.05, 4.69) is 17.3 Å². The molecule has 1 amide bonds. The molecule has 1 aromatic carbocycles. The average Bonchev–Trinajstić information content (AvgIpc) is 2.93. The Balaban J connectivity index is 1.73. The molecule has 0 aliphatic carbocycles. The van der Waals surface area contributed by atoms with Crippen LogP contribution in [0.3, 0.4) is 0 Å². The van der Waals surface area contributed by atoms with Crippen molar-refractivity contribution in [3.05, 3.63) is 35.5 Å². The first-order valence-corrected chi connectivity index (χ1v) is 8.26. The van der Waals surface area contributed by atoms with E-state index in [1.807, 2.05) is 35.9 Å². The second-order valence-corrected chi connectivity index (χ2v) is 6.04. The van der Waals surface area contributed by atoms with Crippen molar-refractivity contribution >= 4 is 11.7 Å². The monoisotopic (exact) mass is 329 g/mol. The van der Waals surface area contributed by atoms with Crippen molar-refractivity contribution in [2.45, 2.75) is 33.2 Å². The number of amides is 1. The maximum atomic E-state index is 12.6. The summed E-state index contributed by atoms with van der Waals surface area (Å²) in [6.45, 7) is 5.14. The molecule has 0 radical (unpaired) electrons. The van der Waals surface area contributed by atoms with E-state index >= 15 is 0 Å². The van der Waals surface area contributed by atoms with Crippen molar-refractivity contribution in [3.63, 3.8) is 0 Å². The standard InChI is InChI=1S/C18H23N3O3/c1-4-8-21-16(9-12(2)20-21)19-18(22)14-10-13-6-5-7-15(23-3)17(13)24-11-14/h5-7,9,14H,4,8,10-11H2,1-3H3,(H,19,22). The molecule has 2 aromatic rings. The Morgan fingerprint density at radius 2 is 2.33 bits per heavy atom. The van der Waals surface area contributed by atoms with E-state index in [0.29, 0.717) is 18.8 Å². The average molecular weight is 329 g/mol. The summed E-state index contributed by atoms with van der Waals surface area (Å²) in [5.41, 5.74) is 1.90. The number of carbonyl (C=O) groups excluding carboxylic acids is 1. The van der Waals surface area contributed by atoms with Gasteiger partial charge in [-0.25, -0.2) is 4.68 Å². The SMILES string of the molecule is CCCn1nc(C)cc1NC(=O)C1COc2c(cccc2OC)C1. The van der Waals surface area contributed by atoms with Gasteiger partial charge in [-0.05, 0) is 31.4 Å². The largest absolute Gasteiger partial charge is 0.493 e. The topological polar surface area (TPSA) is 65.4 Å². The number of fused-ring (bicyclic) bond motifs is 1. The third-order valence-electron chi connectivity index (χ3n) is 4.14. The Hall–Kier alpha value is -2.50. The first-order chi connectivity index (χ1) is 11.6. The predicted octanol–water partition coefficient (Wildman–Crippen LogP) is 2.80. The number of hydrogen-bond acceptors (Lipinski definition) is 4. The van der Waals surface area contributed by atoms with E-state index in [1.165, 1.54) is 0 Å². The number of nitrogens with one attached hydrogen (secondary N) is 1. The van der Waals surface area contributed by atoms with E-state index in [0.717, 1.165) is 35.8 Å². The summed E-state index contributed by atoms with van der Waals surface area (Å²) in [5, 5.41) is 7.41. The summed E-state index contributed by atoms with van der Waals surface area (Å²) in [6.07, 6.45) is 1.60. The van der Waals surface area contributed by atoms with Crippen LogP contribution in [0.5, 0.6) is 11.5 Å². The van der Waals surface area contributed by atoms with Gasteiger partial charge in [0.05, 0.1) is 18.7 Å². The highest BCUT2D eigenvalue weighted by atomic mass is 16.5. The number of carbonyl (C=O) groups is 1. The Kier molecular flexibility index (Phi) is 4.74. The molecule has 128 valence electrons. The van der Waals surface area contributed by atoms with Gasteiger partial charge in [0, 0.05) is 12.6 Å². The summed E-state index contributed by atoms with van der Waals surface area (Å²) in [5.74, 6) is 1.94. The highest BCUT2D eigenvalue weighted by Gasteiger charge is 2.28. The molecule has 1 atom stereocenters. The molecule has 0 bridgehead atoms. The number of hydrogen-bond donors (Lipinski definition) is 1. The van der Waals surface area contributed by atoms with Crippen LogP contribution in [0.2, 0.25) is 0 Å². The molecule has 6 heteroatoms. The van der Waals surface area contributed by atoms with Crippen LogP contribution < -0.4 is 14.8 Å². The van der Waals surface area contributed by atoms with Crippen LogP contribution in [-0.2, 0) is 17.8 Å². The molecule has 0 spiro atoms. The van der Waals surface area contributed by atoms with Gasteiger partial charge in [0.2, 0.25) is 5.91 Å².